The standard InChI is InChI=1S/C20H25ClF3N3O4.C18H23ClN2O5/c1-5-13(26-18(30)31-19(2,3)4)17(29)27-14-7-6-12(21)8-11(14)9-15(27)16(28)25-10-20(22,23)24;1-5-12(20-17(25)26-18(2,3)4)15(22)21-13-7-6-11(19)8-10(13)9-14(21)16(23)24/h6-8,13,15H,5,9-10H2,1-4H3,(H,25,28)(H,26,30);6-8,12,14H,5,9H2,1-4H3,(H,20,25)(H,23,24)/t13-,15-;12-,14-/m00/s1. The van der Waals surface area contributed by atoms with E-state index >= 15 is 0 Å². The first-order valence-corrected chi connectivity index (χ1v) is 18.8. The number of alkyl halides is 3. The highest BCUT2D eigenvalue weighted by Gasteiger charge is 2.43. The molecule has 0 unspecified atom stereocenters. The van der Waals surface area contributed by atoms with Crippen LogP contribution in [0.3, 0.4) is 0 Å². The quantitative estimate of drug-likeness (QED) is 0.217. The summed E-state index contributed by atoms with van der Waals surface area (Å²) < 4.78 is 48.0. The van der Waals surface area contributed by atoms with Crippen LogP contribution in [0.4, 0.5) is 34.1 Å². The summed E-state index contributed by atoms with van der Waals surface area (Å²) in [6.45, 7) is 12.0. The van der Waals surface area contributed by atoms with Gasteiger partial charge in [-0.2, -0.15) is 13.2 Å². The van der Waals surface area contributed by atoms with Crippen LogP contribution in [0.5, 0.6) is 0 Å². The highest BCUT2D eigenvalue weighted by molar-refractivity contribution is 6.31. The van der Waals surface area contributed by atoms with Gasteiger partial charge in [-0.05, 0) is 102 Å². The van der Waals surface area contributed by atoms with Gasteiger partial charge in [0, 0.05) is 34.3 Å². The van der Waals surface area contributed by atoms with Gasteiger partial charge in [-0.15, -0.1) is 0 Å². The fourth-order valence-electron chi connectivity index (χ4n) is 6.01. The Morgan fingerprint density at radius 3 is 1.47 bits per heavy atom. The molecule has 14 nitrogen and oxygen atoms in total. The Labute approximate surface area is 338 Å². The summed E-state index contributed by atoms with van der Waals surface area (Å²) in [5.74, 6) is -3.20. The van der Waals surface area contributed by atoms with Crippen molar-refractivity contribution in [1.29, 1.82) is 0 Å². The molecule has 2 aromatic rings. The van der Waals surface area contributed by atoms with Crippen molar-refractivity contribution in [3.8, 4) is 0 Å². The molecule has 0 saturated carbocycles. The number of carboxylic acids is 1. The van der Waals surface area contributed by atoms with Gasteiger partial charge >= 0.3 is 24.3 Å². The number of halogens is 5. The maximum absolute atomic E-state index is 13.3. The van der Waals surface area contributed by atoms with Crippen molar-refractivity contribution in [2.75, 3.05) is 16.3 Å². The van der Waals surface area contributed by atoms with E-state index in [-0.39, 0.29) is 19.3 Å². The number of carbonyl (C=O) groups excluding carboxylic acids is 5. The van der Waals surface area contributed by atoms with Crippen molar-refractivity contribution in [3.05, 3.63) is 57.6 Å². The lowest BCUT2D eigenvalue weighted by Gasteiger charge is -2.29. The van der Waals surface area contributed by atoms with Crippen molar-refractivity contribution < 1.29 is 56.5 Å². The first-order valence-electron chi connectivity index (χ1n) is 18.0. The molecule has 19 heteroatoms. The minimum Gasteiger partial charge on any atom is -0.480 e. The number of ether oxygens (including phenoxy) is 2. The van der Waals surface area contributed by atoms with E-state index in [0.717, 1.165) is 4.90 Å². The fraction of sp³-hybridized carbons (Fsp3) is 0.526. The van der Waals surface area contributed by atoms with E-state index in [2.05, 4.69) is 10.6 Å². The summed E-state index contributed by atoms with van der Waals surface area (Å²) in [6.07, 6.45) is -5.50. The topological polar surface area (TPSA) is 184 Å². The molecule has 2 aliphatic heterocycles. The molecule has 4 rings (SSSR count). The zero-order valence-corrected chi connectivity index (χ0v) is 34.3. The first kappa shape index (κ1) is 46.6. The Kier molecular flexibility index (Phi) is 15.3. The Bertz CT molecular complexity index is 1850. The number of benzene rings is 2. The SMILES string of the molecule is CC[C@H](NC(=O)OC(C)(C)C)C(=O)N1c2ccc(Cl)cc2C[C@H]1C(=O)NCC(F)(F)F.CC[C@H](NC(=O)OC(C)(C)C)C(=O)N1c2ccc(Cl)cc2C[C@H]1C(=O)O. The van der Waals surface area contributed by atoms with Gasteiger partial charge < -0.3 is 30.5 Å². The number of aliphatic carboxylic acids is 1. The highest BCUT2D eigenvalue weighted by atomic mass is 35.5. The fourth-order valence-corrected chi connectivity index (χ4v) is 6.40. The molecule has 0 radical (unpaired) electrons. The molecule has 0 aromatic heterocycles. The van der Waals surface area contributed by atoms with Gasteiger partial charge in [0.25, 0.3) is 5.91 Å². The smallest absolute Gasteiger partial charge is 0.408 e. The van der Waals surface area contributed by atoms with Crippen molar-refractivity contribution >= 4 is 70.5 Å². The first-order chi connectivity index (χ1) is 26.2. The number of hydrogen-bond donors (Lipinski definition) is 4. The molecule has 0 fully saturated rings. The van der Waals surface area contributed by atoms with E-state index in [9.17, 15) is 47.0 Å². The summed E-state index contributed by atoms with van der Waals surface area (Å²) in [5, 5.41) is 17.2. The van der Waals surface area contributed by atoms with Gasteiger partial charge in [-0.1, -0.05) is 37.0 Å². The zero-order chi connectivity index (χ0) is 43.2. The minimum absolute atomic E-state index is 0.00576. The summed E-state index contributed by atoms with van der Waals surface area (Å²) in [7, 11) is 0. The Morgan fingerprint density at radius 1 is 0.737 bits per heavy atom. The molecule has 0 spiro atoms. The zero-order valence-electron chi connectivity index (χ0n) is 32.8. The molecule has 2 aliphatic rings. The third-order valence-corrected chi connectivity index (χ3v) is 8.84. The average Bonchev–Trinajstić information content (AvgIpc) is 3.64. The molecule has 5 amide bonds. The Morgan fingerprint density at radius 2 is 1.12 bits per heavy atom. The maximum atomic E-state index is 13.3. The van der Waals surface area contributed by atoms with Gasteiger partial charge in [0.05, 0.1) is 0 Å². The number of fused-ring (bicyclic) bond motifs is 2. The molecule has 2 aromatic carbocycles. The molecule has 0 aliphatic carbocycles. The molecule has 57 heavy (non-hydrogen) atoms. The monoisotopic (exact) mass is 845 g/mol. The van der Waals surface area contributed by atoms with E-state index in [4.69, 9.17) is 32.7 Å². The second-order valence-electron chi connectivity index (χ2n) is 15.3. The molecule has 0 bridgehead atoms. The lowest BCUT2D eigenvalue weighted by molar-refractivity contribution is -0.140. The van der Waals surface area contributed by atoms with Crippen molar-refractivity contribution in [2.45, 2.75) is 123 Å². The summed E-state index contributed by atoms with van der Waals surface area (Å²) in [4.78, 5) is 76.9. The van der Waals surface area contributed by atoms with Crippen LogP contribution in [-0.2, 0) is 41.5 Å². The molecule has 2 heterocycles. The van der Waals surface area contributed by atoms with Crippen LogP contribution in [-0.4, -0.2) is 89.1 Å². The van der Waals surface area contributed by atoms with E-state index in [0.29, 0.717) is 39.0 Å². The average molecular weight is 847 g/mol. The van der Waals surface area contributed by atoms with E-state index in [1.807, 2.05) is 5.32 Å². The Balaban J connectivity index is 0.000000310. The molecule has 4 atom stereocenters. The number of alkyl carbamates (subject to hydrolysis) is 2. The van der Waals surface area contributed by atoms with E-state index < -0.39 is 84.0 Å². The van der Waals surface area contributed by atoms with Gasteiger partial charge in [-0.3, -0.25) is 24.2 Å². The molecular formula is C38H48Cl2F3N5O9. The van der Waals surface area contributed by atoms with Crippen LogP contribution in [0.25, 0.3) is 0 Å². The van der Waals surface area contributed by atoms with Gasteiger partial charge in [0.15, 0.2) is 0 Å². The van der Waals surface area contributed by atoms with Crippen LogP contribution in [0.15, 0.2) is 36.4 Å². The highest BCUT2D eigenvalue weighted by Crippen LogP contribution is 2.36. The third-order valence-electron chi connectivity index (χ3n) is 8.37. The lowest BCUT2D eigenvalue weighted by atomic mass is 10.1. The predicted octanol–water partition coefficient (Wildman–Crippen LogP) is 6.57. The molecule has 0 saturated heterocycles. The van der Waals surface area contributed by atoms with Crippen molar-refractivity contribution in [2.24, 2.45) is 0 Å². The van der Waals surface area contributed by atoms with Crippen LogP contribution >= 0.6 is 23.2 Å². The number of anilines is 2. The molecular weight excluding hydrogens is 798 g/mol. The number of nitrogens with one attached hydrogen (secondary N) is 3. The maximum Gasteiger partial charge on any atom is 0.408 e. The minimum atomic E-state index is -4.59. The second kappa shape index (κ2) is 18.7. The number of nitrogens with zero attached hydrogens (tertiary/aromatic N) is 2. The van der Waals surface area contributed by atoms with Crippen LogP contribution < -0.4 is 25.8 Å². The summed E-state index contributed by atoms with van der Waals surface area (Å²) in [6, 6.07) is 5.28. The predicted molar refractivity (Wildman–Crippen MR) is 206 cm³/mol. The molecule has 314 valence electrons. The van der Waals surface area contributed by atoms with Gasteiger partial charge in [0.1, 0.15) is 41.9 Å². The van der Waals surface area contributed by atoms with Crippen LogP contribution in [0, 0.1) is 0 Å². The van der Waals surface area contributed by atoms with Gasteiger partial charge in [0.2, 0.25) is 11.8 Å². The van der Waals surface area contributed by atoms with E-state index in [1.54, 1.807) is 79.7 Å². The second-order valence-corrected chi connectivity index (χ2v) is 16.2. The van der Waals surface area contributed by atoms with Crippen molar-refractivity contribution in [3.63, 3.8) is 0 Å². The lowest BCUT2D eigenvalue weighted by Crippen LogP contribution is -2.55. The number of carboxylic acid groups (broad SMARTS) is 1. The molecule has 4 N–H and O–H groups in total. The number of carbonyl (C=O) groups is 6. The largest absolute Gasteiger partial charge is 0.480 e. The number of amides is 5. The van der Waals surface area contributed by atoms with E-state index in [1.165, 1.54) is 17.0 Å². The summed E-state index contributed by atoms with van der Waals surface area (Å²) in [5.41, 5.74) is 0.585. The third kappa shape index (κ3) is 13.1. The number of rotatable bonds is 9. The Hall–Kier alpha value is -4.77. The van der Waals surface area contributed by atoms with Gasteiger partial charge in [-0.25, -0.2) is 14.4 Å². The van der Waals surface area contributed by atoms with Crippen LogP contribution in [0.2, 0.25) is 10.0 Å². The van der Waals surface area contributed by atoms with Crippen LogP contribution in [0.1, 0.15) is 79.4 Å². The number of hydrogen-bond acceptors (Lipinski definition) is 8. The normalized spacial score (nSPS) is 17.2. The van der Waals surface area contributed by atoms with Crippen molar-refractivity contribution in [1.82, 2.24) is 16.0 Å². The summed E-state index contributed by atoms with van der Waals surface area (Å²) >= 11 is 12.0.